The van der Waals surface area contributed by atoms with E-state index in [1.165, 1.54) is 31.9 Å². The van der Waals surface area contributed by atoms with Gasteiger partial charge in [0.25, 0.3) is 0 Å². The highest BCUT2D eigenvalue weighted by molar-refractivity contribution is 7.92. The van der Waals surface area contributed by atoms with Crippen molar-refractivity contribution in [1.29, 1.82) is 0 Å². The lowest BCUT2D eigenvalue weighted by atomic mass is 9.79. The molecule has 0 radical (unpaired) electrons. The number of ether oxygens (including phenoxy) is 1. The van der Waals surface area contributed by atoms with Gasteiger partial charge in [-0.25, -0.2) is 8.42 Å². The lowest BCUT2D eigenvalue weighted by Gasteiger charge is -2.43. The number of guanidine groups is 1. The molecule has 0 aromatic carbocycles. The smallest absolute Gasteiger partial charge is 0.193 e. The van der Waals surface area contributed by atoms with Gasteiger partial charge in [0.1, 0.15) is 0 Å². The molecule has 1 N–H and O–H groups in total. The highest BCUT2D eigenvalue weighted by atomic mass is 32.2. The van der Waals surface area contributed by atoms with E-state index in [2.05, 4.69) is 34.0 Å². The second-order valence-electron chi connectivity index (χ2n) is 9.80. The SMILES string of the molecule is CN=C(NCC1(S(C)(=O)=O)CCOCC1)N1CCN(C2CCC(C(C)C)CC2)CC1. The van der Waals surface area contributed by atoms with E-state index < -0.39 is 14.6 Å². The van der Waals surface area contributed by atoms with Crippen LogP contribution in [0.2, 0.25) is 0 Å². The van der Waals surface area contributed by atoms with Gasteiger partial charge in [0.15, 0.2) is 15.8 Å². The molecule has 0 aromatic rings. The van der Waals surface area contributed by atoms with E-state index in [1.54, 1.807) is 7.05 Å². The maximum Gasteiger partial charge on any atom is 0.193 e. The van der Waals surface area contributed by atoms with Crippen LogP contribution in [0.25, 0.3) is 0 Å². The standard InChI is InChI=1S/C22H42N4O3S/c1-18(2)19-5-7-20(8-6-19)25-11-13-26(14-12-25)21(23-3)24-17-22(30(4,27)28)9-15-29-16-10-22/h18-20H,5-17H2,1-4H3,(H,23,24). The van der Waals surface area contributed by atoms with Crippen LogP contribution in [0.15, 0.2) is 4.99 Å². The third-order valence-corrected chi connectivity index (χ3v) is 9.91. The van der Waals surface area contributed by atoms with Gasteiger partial charge in [-0.3, -0.25) is 9.89 Å². The summed E-state index contributed by atoms with van der Waals surface area (Å²) in [6.45, 7) is 10.1. The molecular weight excluding hydrogens is 400 g/mol. The Kier molecular flexibility index (Phi) is 8.07. The number of sulfone groups is 1. The number of piperazine rings is 1. The average molecular weight is 443 g/mol. The summed E-state index contributed by atoms with van der Waals surface area (Å²) in [6.07, 6.45) is 7.83. The van der Waals surface area contributed by atoms with E-state index in [0.717, 1.165) is 50.0 Å². The molecule has 2 aliphatic heterocycles. The van der Waals surface area contributed by atoms with E-state index in [-0.39, 0.29) is 0 Å². The van der Waals surface area contributed by atoms with Gasteiger partial charge in [0, 0.05) is 65.3 Å². The van der Waals surface area contributed by atoms with Crippen LogP contribution in [0.5, 0.6) is 0 Å². The summed E-state index contributed by atoms with van der Waals surface area (Å²) in [5.41, 5.74) is 0. The van der Waals surface area contributed by atoms with Gasteiger partial charge in [0.2, 0.25) is 0 Å². The minimum absolute atomic E-state index is 0.404. The van der Waals surface area contributed by atoms with Crippen molar-refractivity contribution in [3.8, 4) is 0 Å². The zero-order valence-corrected chi connectivity index (χ0v) is 20.2. The quantitative estimate of drug-likeness (QED) is 0.518. The molecule has 30 heavy (non-hydrogen) atoms. The number of nitrogens with one attached hydrogen (secondary N) is 1. The Morgan fingerprint density at radius 3 is 2.20 bits per heavy atom. The van der Waals surface area contributed by atoms with E-state index in [9.17, 15) is 8.42 Å². The predicted molar refractivity (Wildman–Crippen MR) is 123 cm³/mol. The topological polar surface area (TPSA) is 74.2 Å². The zero-order chi connectivity index (χ0) is 21.8. The Labute approximate surface area is 183 Å². The van der Waals surface area contributed by atoms with Gasteiger partial charge >= 0.3 is 0 Å². The molecule has 0 bridgehead atoms. The molecule has 1 saturated carbocycles. The predicted octanol–water partition coefficient (Wildman–Crippen LogP) is 1.99. The molecule has 0 amide bonds. The molecule has 1 aliphatic carbocycles. The lowest BCUT2D eigenvalue weighted by Crippen LogP contribution is -2.58. The first-order chi connectivity index (χ1) is 14.3. The van der Waals surface area contributed by atoms with Crippen LogP contribution in [0.1, 0.15) is 52.4 Å². The van der Waals surface area contributed by atoms with Crippen molar-refractivity contribution in [2.24, 2.45) is 16.8 Å². The zero-order valence-electron chi connectivity index (χ0n) is 19.4. The van der Waals surface area contributed by atoms with Crippen molar-refractivity contribution >= 4 is 15.8 Å². The molecule has 8 heteroatoms. The molecule has 0 aromatic heterocycles. The van der Waals surface area contributed by atoms with Gasteiger partial charge in [-0.2, -0.15) is 0 Å². The highest BCUT2D eigenvalue weighted by Crippen LogP contribution is 2.32. The average Bonchev–Trinajstić information content (AvgIpc) is 2.74. The maximum absolute atomic E-state index is 12.5. The number of hydrogen-bond donors (Lipinski definition) is 1. The first-order valence-electron chi connectivity index (χ1n) is 11.7. The molecule has 7 nitrogen and oxygen atoms in total. The van der Waals surface area contributed by atoms with Crippen molar-refractivity contribution in [1.82, 2.24) is 15.1 Å². The van der Waals surface area contributed by atoms with Crippen LogP contribution in [0.3, 0.4) is 0 Å². The first kappa shape index (κ1) is 23.8. The van der Waals surface area contributed by atoms with Gasteiger partial charge in [-0.05, 0) is 50.4 Å². The van der Waals surface area contributed by atoms with Crippen LogP contribution in [-0.4, -0.2) is 94.2 Å². The second-order valence-corrected chi connectivity index (χ2v) is 12.2. The summed E-state index contributed by atoms with van der Waals surface area (Å²) in [5, 5.41) is 3.39. The van der Waals surface area contributed by atoms with Crippen molar-refractivity contribution in [3.05, 3.63) is 0 Å². The van der Waals surface area contributed by atoms with Crippen molar-refractivity contribution in [2.75, 3.05) is 59.2 Å². The van der Waals surface area contributed by atoms with Gasteiger partial charge in [-0.1, -0.05) is 13.8 Å². The van der Waals surface area contributed by atoms with Crippen molar-refractivity contribution in [2.45, 2.75) is 63.2 Å². The van der Waals surface area contributed by atoms with E-state index in [1.807, 2.05) is 0 Å². The lowest BCUT2D eigenvalue weighted by molar-refractivity contribution is 0.0744. The number of rotatable bonds is 5. The fourth-order valence-electron chi connectivity index (χ4n) is 5.43. The molecule has 3 aliphatic rings. The van der Waals surface area contributed by atoms with Crippen LogP contribution in [0.4, 0.5) is 0 Å². The molecule has 0 atom stereocenters. The molecule has 3 rings (SSSR count). The first-order valence-corrected chi connectivity index (χ1v) is 13.6. The minimum Gasteiger partial charge on any atom is -0.381 e. The third kappa shape index (κ3) is 5.49. The van der Waals surface area contributed by atoms with Gasteiger partial charge < -0.3 is 15.0 Å². The number of aliphatic imine (C=N–C) groups is 1. The summed E-state index contributed by atoms with van der Waals surface area (Å²) in [5.74, 6) is 2.54. The van der Waals surface area contributed by atoms with Crippen LogP contribution >= 0.6 is 0 Å². The number of hydrogen-bond acceptors (Lipinski definition) is 5. The molecule has 2 heterocycles. The van der Waals surface area contributed by atoms with Gasteiger partial charge in [0.05, 0.1) is 4.75 Å². The summed E-state index contributed by atoms with van der Waals surface area (Å²) < 4.78 is 29.7. The molecule has 174 valence electrons. The Morgan fingerprint density at radius 1 is 1.10 bits per heavy atom. The molecule has 2 saturated heterocycles. The molecule has 3 fully saturated rings. The van der Waals surface area contributed by atoms with Crippen LogP contribution in [0, 0.1) is 11.8 Å². The fourth-order valence-corrected chi connectivity index (χ4v) is 6.67. The Hall–Kier alpha value is -0.860. The second kappa shape index (κ2) is 10.2. The largest absolute Gasteiger partial charge is 0.381 e. The van der Waals surface area contributed by atoms with Crippen LogP contribution < -0.4 is 5.32 Å². The maximum atomic E-state index is 12.5. The van der Waals surface area contributed by atoms with E-state index in [4.69, 9.17) is 4.74 Å². The van der Waals surface area contributed by atoms with Crippen molar-refractivity contribution < 1.29 is 13.2 Å². The summed E-state index contributed by atoms with van der Waals surface area (Å²) in [6, 6.07) is 0.730. The van der Waals surface area contributed by atoms with Gasteiger partial charge in [-0.15, -0.1) is 0 Å². The van der Waals surface area contributed by atoms with E-state index >= 15 is 0 Å². The third-order valence-electron chi connectivity index (χ3n) is 7.79. The van der Waals surface area contributed by atoms with Crippen molar-refractivity contribution in [3.63, 3.8) is 0 Å². The monoisotopic (exact) mass is 442 g/mol. The number of nitrogens with zero attached hydrogens (tertiary/aromatic N) is 3. The highest BCUT2D eigenvalue weighted by Gasteiger charge is 2.42. The molecule has 0 spiro atoms. The fraction of sp³-hybridized carbons (Fsp3) is 0.955. The molecule has 0 unspecified atom stereocenters. The summed E-state index contributed by atoms with van der Waals surface area (Å²) in [4.78, 5) is 9.41. The summed E-state index contributed by atoms with van der Waals surface area (Å²) >= 11 is 0. The minimum atomic E-state index is -3.18. The van der Waals surface area contributed by atoms with Crippen LogP contribution in [-0.2, 0) is 14.6 Å². The normalized spacial score (nSPS) is 29.2. The summed E-state index contributed by atoms with van der Waals surface area (Å²) in [7, 11) is -1.39. The molecular formula is C22H42N4O3S. The Bertz CT molecular complexity index is 672. The Balaban J connectivity index is 1.50. The van der Waals surface area contributed by atoms with E-state index in [0.29, 0.717) is 32.6 Å². The Morgan fingerprint density at radius 2 is 1.70 bits per heavy atom.